The van der Waals surface area contributed by atoms with Gasteiger partial charge in [0.2, 0.25) is 0 Å². The molecular formula is C12H12BrNO. The van der Waals surface area contributed by atoms with Crippen molar-refractivity contribution in [3.05, 3.63) is 40.6 Å². The Kier molecular flexibility index (Phi) is 2.82. The van der Waals surface area contributed by atoms with E-state index < -0.39 is 0 Å². The van der Waals surface area contributed by atoms with E-state index in [1.165, 1.54) is 0 Å². The van der Waals surface area contributed by atoms with Crippen LogP contribution in [0.2, 0.25) is 0 Å². The molecule has 2 nitrogen and oxygen atoms in total. The Morgan fingerprint density at radius 1 is 1.27 bits per heavy atom. The summed E-state index contributed by atoms with van der Waals surface area (Å²) < 4.78 is 6.66. The summed E-state index contributed by atoms with van der Waals surface area (Å²) in [5.41, 5.74) is 7.48. The summed E-state index contributed by atoms with van der Waals surface area (Å²) in [6, 6.07) is 9.65. The number of nitrogens with two attached hydrogens (primary N) is 1. The molecule has 0 unspecified atom stereocenters. The molecule has 2 aromatic rings. The van der Waals surface area contributed by atoms with E-state index in [1.54, 1.807) is 0 Å². The molecule has 0 aliphatic heterocycles. The van der Waals surface area contributed by atoms with Crippen molar-refractivity contribution in [1.29, 1.82) is 0 Å². The molecule has 0 atom stereocenters. The van der Waals surface area contributed by atoms with Crippen molar-refractivity contribution >= 4 is 21.6 Å². The summed E-state index contributed by atoms with van der Waals surface area (Å²) in [6.07, 6.45) is 0.903. The van der Waals surface area contributed by atoms with Crippen molar-refractivity contribution in [1.82, 2.24) is 0 Å². The molecular weight excluding hydrogens is 254 g/mol. The van der Waals surface area contributed by atoms with Gasteiger partial charge in [-0.25, -0.2) is 0 Å². The number of furan rings is 1. The van der Waals surface area contributed by atoms with Crippen LogP contribution in [0, 0.1) is 0 Å². The summed E-state index contributed by atoms with van der Waals surface area (Å²) in [5, 5.41) is 0. The summed E-state index contributed by atoms with van der Waals surface area (Å²) >= 11 is 3.48. The van der Waals surface area contributed by atoms with Gasteiger partial charge in [-0.3, -0.25) is 0 Å². The third-order valence-corrected chi connectivity index (χ3v) is 2.96. The molecule has 2 N–H and O–H groups in total. The molecule has 15 heavy (non-hydrogen) atoms. The second kappa shape index (κ2) is 4.11. The highest BCUT2D eigenvalue weighted by atomic mass is 79.9. The molecule has 0 radical (unpaired) electrons. The van der Waals surface area contributed by atoms with Crippen LogP contribution in [0.5, 0.6) is 0 Å². The highest BCUT2D eigenvalue weighted by molar-refractivity contribution is 9.10. The highest BCUT2D eigenvalue weighted by Crippen LogP contribution is 2.31. The summed E-state index contributed by atoms with van der Waals surface area (Å²) in [4.78, 5) is 0. The molecule has 1 aromatic carbocycles. The van der Waals surface area contributed by atoms with Crippen molar-refractivity contribution < 1.29 is 4.42 Å². The van der Waals surface area contributed by atoms with E-state index in [4.69, 9.17) is 10.2 Å². The van der Waals surface area contributed by atoms with Gasteiger partial charge in [0.05, 0.1) is 0 Å². The first-order valence-corrected chi connectivity index (χ1v) is 5.64. The van der Waals surface area contributed by atoms with Crippen molar-refractivity contribution in [3.63, 3.8) is 0 Å². The number of rotatable bonds is 2. The fraction of sp³-hybridized carbons (Fsp3) is 0.167. The lowest BCUT2D eigenvalue weighted by molar-refractivity contribution is 0.529. The topological polar surface area (TPSA) is 39.2 Å². The summed E-state index contributed by atoms with van der Waals surface area (Å²) in [5.74, 6) is 1.84. The zero-order valence-electron chi connectivity index (χ0n) is 8.46. The predicted molar refractivity (Wildman–Crippen MR) is 65.6 cm³/mol. The van der Waals surface area contributed by atoms with Gasteiger partial charge in [0.25, 0.3) is 0 Å². The molecule has 0 saturated carbocycles. The fourth-order valence-electron chi connectivity index (χ4n) is 1.44. The Morgan fingerprint density at radius 3 is 2.73 bits per heavy atom. The first kappa shape index (κ1) is 10.3. The van der Waals surface area contributed by atoms with Gasteiger partial charge >= 0.3 is 0 Å². The lowest BCUT2D eigenvalue weighted by Gasteiger charge is -2.02. The van der Waals surface area contributed by atoms with Crippen LogP contribution in [-0.4, -0.2) is 0 Å². The maximum absolute atomic E-state index is 5.74. The van der Waals surface area contributed by atoms with Crippen molar-refractivity contribution in [2.45, 2.75) is 13.3 Å². The van der Waals surface area contributed by atoms with E-state index in [-0.39, 0.29) is 0 Å². The minimum absolute atomic E-state index is 0.739. The van der Waals surface area contributed by atoms with Crippen LogP contribution in [0.4, 0.5) is 5.69 Å². The molecule has 3 heteroatoms. The van der Waals surface area contributed by atoms with Crippen LogP contribution >= 0.6 is 15.9 Å². The first-order chi connectivity index (χ1) is 7.20. The number of hydrogen-bond acceptors (Lipinski definition) is 2. The molecule has 0 aliphatic carbocycles. The van der Waals surface area contributed by atoms with E-state index >= 15 is 0 Å². The van der Waals surface area contributed by atoms with Crippen LogP contribution in [0.25, 0.3) is 11.3 Å². The quantitative estimate of drug-likeness (QED) is 0.838. The van der Waals surface area contributed by atoms with Gasteiger partial charge in [0, 0.05) is 22.1 Å². The summed E-state index contributed by atoms with van der Waals surface area (Å²) in [7, 11) is 0. The number of nitrogen functional groups attached to an aromatic ring is 1. The molecule has 0 bridgehead atoms. The normalized spacial score (nSPS) is 10.5. The van der Waals surface area contributed by atoms with Gasteiger partial charge < -0.3 is 10.2 Å². The van der Waals surface area contributed by atoms with Crippen LogP contribution in [0.1, 0.15) is 12.7 Å². The maximum Gasteiger partial charge on any atom is 0.135 e. The van der Waals surface area contributed by atoms with Gasteiger partial charge in [-0.2, -0.15) is 0 Å². The van der Waals surface area contributed by atoms with E-state index in [0.717, 1.165) is 33.7 Å². The molecule has 1 aromatic heterocycles. The van der Waals surface area contributed by atoms with Crippen LogP contribution in [0.15, 0.2) is 39.2 Å². The van der Waals surface area contributed by atoms with E-state index in [1.807, 2.05) is 30.3 Å². The Hall–Kier alpha value is -1.22. The Labute approximate surface area is 97.2 Å². The standard InChI is InChI=1S/C12H12BrNO/c1-2-9-4-6-12(15-9)10-7-8(14)3-5-11(10)13/h3-7H,2,14H2,1H3. The predicted octanol–water partition coefficient (Wildman–Crippen LogP) is 3.85. The zero-order valence-corrected chi connectivity index (χ0v) is 10.0. The second-order valence-corrected chi connectivity index (χ2v) is 4.21. The Balaban J connectivity index is 2.48. The highest BCUT2D eigenvalue weighted by Gasteiger charge is 2.07. The Bertz CT molecular complexity index is 476. The Morgan fingerprint density at radius 2 is 2.07 bits per heavy atom. The molecule has 0 spiro atoms. The minimum atomic E-state index is 0.739. The molecule has 0 amide bonds. The van der Waals surface area contributed by atoms with E-state index in [0.29, 0.717) is 0 Å². The number of halogens is 1. The number of hydrogen-bond donors (Lipinski definition) is 1. The summed E-state index contributed by atoms with van der Waals surface area (Å²) in [6.45, 7) is 2.07. The van der Waals surface area contributed by atoms with Gasteiger partial charge in [0.1, 0.15) is 11.5 Å². The first-order valence-electron chi connectivity index (χ1n) is 4.85. The van der Waals surface area contributed by atoms with Crippen LogP contribution < -0.4 is 5.73 Å². The van der Waals surface area contributed by atoms with Crippen molar-refractivity contribution in [3.8, 4) is 11.3 Å². The maximum atomic E-state index is 5.74. The number of anilines is 1. The van der Waals surface area contributed by atoms with Crippen LogP contribution in [0.3, 0.4) is 0 Å². The molecule has 0 aliphatic rings. The molecule has 2 rings (SSSR count). The molecule has 78 valence electrons. The number of benzene rings is 1. The third kappa shape index (κ3) is 2.07. The lowest BCUT2D eigenvalue weighted by atomic mass is 10.1. The average Bonchev–Trinajstić information content (AvgIpc) is 2.70. The third-order valence-electron chi connectivity index (χ3n) is 2.27. The minimum Gasteiger partial charge on any atom is -0.461 e. The van der Waals surface area contributed by atoms with E-state index in [2.05, 4.69) is 22.9 Å². The molecule has 0 fully saturated rings. The van der Waals surface area contributed by atoms with Gasteiger partial charge in [-0.15, -0.1) is 0 Å². The second-order valence-electron chi connectivity index (χ2n) is 3.36. The number of aryl methyl sites for hydroxylation is 1. The van der Waals surface area contributed by atoms with Crippen molar-refractivity contribution in [2.24, 2.45) is 0 Å². The molecule has 0 saturated heterocycles. The fourth-order valence-corrected chi connectivity index (χ4v) is 1.89. The molecule has 1 heterocycles. The van der Waals surface area contributed by atoms with Crippen LogP contribution in [-0.2, 0) is 6.42 Å². The van der Waals surface area contributed by atoms with Gasteiger partial charge in [-0.1, -0.05) is 22.9 Å². The largest absolute Gasteiger partial charge is 0.461 e. The van der Waals surface area contributed by atoms with Gasteiger partial charge in [-0.05, 0) is 30.3 Å². The van der Waals surface area contributed by atoms with Crippen molar-refractivity contribution in [2.75, 3.05) is 5.73 Å². The van der Waals surface area contributed by atoms with Gasteiger partial charge in [0.15, 0.2) is 0 Å². The van der Waals surface area contributed by atoms with E-state index in [9.17, 15) is 0 Å². The smallest absolute Gasteiger partial charge is 0.135 e. The zero-order chi connectivity index (χ0) is 10.8. The average molecular weight is 266 g/mol. The monoisotopic (exact) mass is 265 g/mol. The lowest BCUT2D eigenvalue weighted by Crippen LogP contribution is -1.85. The SMILES string of the molecule is CCc1ccc(-c2cc(N)ccc2Br)o1.